The van der Waals surface area contributed by atoms with Crippen LogP contribution in [0.4, 0.5) is 4.39 Å². The third-order valence-electron chi connectivity index (χ3n) is 3.06. The summed E-state index contributed by atoms with van der Waals surface area (Å²) in [6, 6.07) is 10.7. The maximum absolute atomic E-state index is 13.4. The van der Waals surface area contributed by atoms with Crippen molar-refractivity contribution in [2.75, 3.05) is 7.05 Å². The van der Waals surface area contributed by atoms with E-state index in [2.05, 4.69) is 5.32 Å². The average molecular weight is 294 g/mol. The molecule has 106 valence electrons. The highest BCUT2D eigenvalue weighted by Crippen LogP contribution is 2.26. The van der Waals surface area contributed by atoms with Crippen LogP contribution in [0.2, 0.25) is 5.02 Å². The van der Waals surface area contributed by atoms with E-state index in [9.17, 15) is 4.39 Å². The summed E-state index contributed by atoms with van der Waals surface area (Å²) in [5.41, 5.74) is 2.76. The van der Waals surface area contributed by atoms with Gasteiger partial charge in [0.05, 0.1) is 5.02 Å². The summed E-state index contributed by atoms with van der Waals surface area (Å²) in [7, 11) is 1.88. The summed E-state index contributed by atoms with van der Waals surface area (Å²) in [6.07, 6.45) is 0. The van der Waals surface area contributed by atoms with Crippen LogP contribution < -0.4 is 10.1 Å². The third-order valence-corrected chi connectivity index (χ3v) is 3.49. The van der Waals surface area contributed by atoms with Crippen LogP contribution in [-0.4, -0.2) is 7.05 Å². The van der Waals surface area contributed by atoms with E-state index in [1.165, 1.54) is 6.07 Å². The minimum absolute atomic E-state index is 0.122. The second-order valence-electron chi connectivity index (χ2n) is 4.60. The Morgan fingerprint density at radius 3 is 2.60 bits per heavy atom. The van der Waals surface area contributed by atoms with Crippen molar-refractivity contribution in [3.8, 4) is 5.75 Å². The summed E-state index contributed by atoms with van der Waals surface area (Å²) >= 11 is 5.93. The minimum Gasteiger partial charge on any atom is -0.488 e. The molecule has 0 fully saturated rings. The first-order chi connectivity index (χ1) is 9.63. The largest absolute Gasteiger partial charge is 0.488 e. The van der Waals surface area contributed by atoms with Gasteiger partial charge in [-0.05, 0) is 25.6 Å². The van der Waals surface area contributed by atoms with E-state index in [0.717, 1.165) is 16.9 Å². The zero-order valence-electron chi connectivity index (χ0n) is 11.5. The van der Waals surface area contributed by atoms with Gasteiger partial charge in [-0.2, -0.15) is 0 Å². The van der Waals surface area contributed by atoms with E-state index in [-0.39, 0.29) is 11.6 Å². The average Bonchev–Trinajstić information content (AvgIpc) is 2.43. The van der Waals surface area contributed by atoms with E-state index in [1.54, 1.807) is 12.1 Å². The molecule has 0 saturated carbocycles. The highest BCUT2D eigenvalue weighted by atomic mass is 35.5. The lowest BCUT2D eigenvalue weighted by molar-refractivity contribution is 0.299. The molecule has 2 aromatic carbocycles. The third kappa shape index (κ3) is 3.30. The molecule has 0 unspecified atom stereocenters. The van der Waals surface area contributed by atoms with Gasteiger partial charge in [-0.1, -0.05) is 41.9 Å². The van der Waals surface area contributed by atoms with E-state index >= 15 is 0 Å². The number of nitrogens with one attached hydrogen (secondary N) is 1. The van der Waals surface area contributed by atoms with Gasteiger partial charge < -0.3 is 10.1 Å². The molecule has 0 bridgehead atoms. The maximum Gasteiger partial charge on any atom is 0.142 e. The molecule has 2 nitrogen and oxygen atoms in total. The van der Waals surface area contributed by atoms with Crippen molar-refractivity contribution in [1.29, 1.82) is 0 Å². The molecule has 0 saturated heterocycles. The van der Waals surface area contributed by atoms with Gasteiger partial charge in [0, 0.05) is 17.7 Å². The van der Waals surface area contributed by atoms with Gasteiger partial charge in [0.15, 0.2) is 0 Å². The first-order valence-electron chi connectivity index (χ1n) is 6.42. The monoisotopic (exact) mass is 293 g/mol. The molecule has 0 aromatic heterocycles. The van der Waals surface area contributed by atoms with E-state index < -0.39 is 5.82 Å². The van der Waals surface area contributed by atoms with Gasteiger partial charge in [-0.3, -0.25) is 0 Å². The number of benzene rings is 2. The van der Waals surface area contributed by atoms with Crippen molar-refractivity contribution in [2.24, 2.45) is 0 Å². The van der Waals surface area contributed by atoms with Crippen molar-refractivity contribution in [3.63, 3.8) is 0 Å². The zero-order valence-corrected chi connectivity index (χ0v) is 12.3. The smallest absolute Gasteiger partial charge is 0.142 e. The number of hydrogen-bond donors (Lipinski definition) is 1. The number of aryl methyl sites for hydroxylation is 1. The zero-order chi connectivity index (χ0) is 14.5. The SMILES string of the molecule is CNCc1cccc(C)c1OCc1cccc(F)c1Cl. The number of rotatable bonds is 5. The van der Waals surface area contributed by atoms with Crippen LogP contribution in [0.1, 0.15) is 16.7 Å². The van der Waals surface area contributed by atoms with Crippen molar-refractivity contribution in [3.05, 3.63) is 63.9 Å². The molecule has 1 N–H and O–H groups in total. The van der Waals surface area contributed by atoms with Crippen molar-refractivity contribution < 1.29 is 9.13 Å². The second kappa shape index (κ2) is 6.73. The quantitative estimate of drug-likeness (QED) is 0.896. The Kier molecular flexibility index (Phi) is 4.99. The summed E-state index contributed by atoms with van der Waals surface area (Å²) in [5.74, 6) is 0.398. The Bertz CT molecular complexity index is 601. The lowest BCUT2D eigenvalue weighted by atomic mass is 10.1. The highest BCUT2D eigenvalue weighted by Gasteiger charge is 2.10. The lowest BCUT2D eigenvalue weighted by Gasteiger charge is -2.14. The molecule has 0 aliphatic heterocycles. The lowest BCUT2D eigenvalue weighted by Crippen LogP contribution is -2.08. The molecule has 0 aliphatic rings. The topological polar surface area (TPSA) is 21.3 Å². The van der Waals surface area contributed by atoms with Gasteiger partial charge in [0.25, 0.3) is 0 Å². The van der Waals surface area contributed by atoms with Crippen LogP contribution in [0.15, 0.2) is 36.4 Å². The number of halogens is 2. The molecular formula is C16H17ClFNO. The van der Waals surface area contributed by atoms with Crippen LogP contribution in [0.5, 0.6) is 5.75 Å². The highest BCUT2D eigenvalue weighted by molar-refractivity contribution is 6.31. The molecule has 0 spiro atoms. The maximum atomic E-state index is 13.4. The van der Waals surface area contributed by atoms with Gasteiger partial charge in [0.1, 0.15) is 18.2 Å². The van der Waals surface area contributed by atoms with Crippen LogP contribution in [0, 0.1) is 12.7 Å². The summed E-state index contributed by atoms with van der Waals surface area (Å²) in [5, 5.41) is 3.23. The standard InChI is InChI=1S/C16H17ClFNO/c1-11-5-3-6-12(9-19-2)16(11)20-10-13-7-4-8-14(18)15(13)17/h3-8,19H,9-10H2,1-2H3. The molecule has 0 amide bonds. The second-order valence-corrected chi connectivity index (χ2v) is 4.97. The summed E-state index contributed by atoms with van der Waals surface area (Å²) in [6.45, 7) is 2.95. The van der Waals surface area contributed by atoms with Crippen molar-refractivity contribution in [2.45, 2.75) is 20.1 Å². The molecule has 2 aromatic rings. The Balaban J connectivity index is 2.20. The number of hydrogen-bond acceptors (Lipinski definition) is 2. The predicted molar refractivity (Wildman–Crippen MR) is 79.7 cm³/mol. The van der Waals surface area contributed by atoms with E-state index in [0.29, 0.717) is 12.1 Å². The van der Waals surface area contributed by atoms with E-state index in [4.69, 9.17) is 16.3 Å². The van der Waals surface area contributed by atoms with Crippen LogP contribution in [0.3, 0.4) is 0 Å². The first kappa shape index (κ1) is 14.8. The van der Waals surface area contributed by atoms with Gasteiger partial charge in [-0.15, -0.1) is 0 Å². The molecule has 4 heteroatoms. The molecule has 0 atom stereocenters. The van der Waals surface area contributed by atoms with Gasteiger partial charge in [-0.25, -0.2) is 4.39 Å². The van der Waals surface area contributed by atoms with Gasteiger partial charge >= 0.3 is 0 Å². The fourth-order valence-electron chi connectivity index (χ4n) is 2.06. The van der Waals surface area contributed by atoms with Gasteiger partial charge in [0.2, 0.25) is 0 Å². The minimum atomic E-state index is -0.423. The Labute approximate surface area is 123 Å². The molecule has 0 radical (unpaired) electrons. The van der Waals surface area contributed by atoms with Crippen LogP contribution in [0.25, 0.3) is 0 Å². The predicted octanol–water partition coefficient (Wildman–Crippen LogP) is 4.09. The summed E-state index contributed by atoms with van der Waals surface area (Å²) in [4.78, 5) is 0. The fraction of sp³-hybridized carbons (Fsp3) is 0.250. The molecule has 20 heavy (non-hydrogen) atoms. The Morgan fingerprint density at radius 1 is 1.15 bits per heavy atom. The van der Waals surface area contributed by atoms with Crippen LogP contribution in [-0.2, 0) is 13.2 Å². The molecular weight excluding hydrogens is 277 g/mol. The normalized spacial score (nSPS) is 10.6. The fourth-order valence-corrected chi connectivity index (χ4v) is 2.24. The number of para-hydroxylation sites is 1. The number of ether oxygens (including phenoxy) is 1. The molecule has 0 aliphatic carbocycles. The van der Waals surface area contributed by atoms with Crippen LogP contribution >= 0.6 is 11.6 Å². The van der Waals surface area contributed by atoms with Crippen molar-refractivity contribution in [1.82, 2.24) is 5.32 Å². The summed E-state index contributed by atoms with van der Waals surface area (Å²) < 4.78 is 19.2. The molecule has 2 rings (SSSR count). The Hall–Kier alpha value is -1.58. The molecule has 0 heterocycles. The van der Waals surface area contributed by atoms with E-state index in [1.807, 2.05) is 32.2 Å². The first-order valence-corrected chi connectivity index (χ1v) is 6.80. The Morgan fingerprint density at radius 2 is 1.85 bits per heavy atom. The van der Waals surface area contributed by atoms with Crippen molar-refractivity contribution >= 4 is 11.6 Å².